The second-order valence-electron chi connectivity index (χ2n) is 5.60. The highest BCUT2D eigenvalue weighted by Gasteiger charge is 2.12. The lowest BCUT2D eigenvalue weighted by Crippen LogP contribution is -2.10. The van der Waals surface area contributed by atoms with Crippen LogP contribution < -0.4 is 5.32 Å². The molecule has 2 rings (SSSR count). The molecule has 1 aromatic carbocycles. The molecule has 0 saturated carbocycles. The van der Waals surface area contributed by atoms with Crippen molar-refractivity contribution in [2.45, 2.75) is 32.6 Å². The molecule has 0 bridgehead atoms. The van der Waals surface area contributed by atoms with Crippen LogP contribution in [0.15, 0.2) is 29.8 Å². The zero-order chi connectivity index (χ0) is 11.6. The summed E-state index contributed by atoms with van der Waals surface area (Å²) < 4.78 is 0. The molecule has 16 heavy (non-hydrogen) atoms. The maximum absolute atomic E-state index is 3.36. The van der Waals surface area contributed by atoms with Crippen LogP contribution in [0, 0.1) is 0 Å². The Labute approximate surface area is 98.6 Å². The highest BCUT2D eigenvalue weighted by atomic mass is 14.9. The summed E-state index contributed by atoms with van der Waals surface area (Å²) in [5.74, 6) is 0. The van der Waals surface area contributed by atoms with Crippen molar-refractivity contribution in [3.63, 3.8) is 0 Å². The fraction of sp³-hybridized carbons (Fsp3) is 0.467. The largest absolute Gasteiger partial charge is 0.313 e. The molecule has 1 aliphatic heterocycles. The second-order valence-corrected chi connectivity index (χ2v) is 5.60. The Morgan fingerprint density at radius 2 is 1.81 bits per heavy atom. The molecular weight excluding hydrogens is 194 g/mol. The molecule has 1 saturated heterocycles. The van der Waals surface area contributed by atoms with E-state index in [-0.39, 0.29) is 5.41 Å². The maximum atomic E-state index is 3.36. The monoisotopic (exact) mass is 215 g/mol. The Morgan fingerprint density at radius 3 is 2.31 bits per heavy atom. The van der Waals surface area contributed by atoms with Crippen molar-refractivity contribution in [2.24, 2.45) is 0 Å². The third kappa shape index (κ3) is 2.73. The minimum atomic E-state index is 0.251. The molecule has 1 N–H and O–H groups in total. The molecule has 1 aromatic rings. The van der Waals surface area contributed by atoms with Gasteiger partial charge in [-0.05, 0) is 29.5 Å². The highest BCUT2D eigenvalue weighted by Crippen LogP contribution is 2.23. The van der Waals surface area contributed by atoms with Crippen molar-refractivity contribution in [3.05, 3.63) is 41.0 Å². The summed E-state index contributed by atoms with van der Waals surface area (Å²) in [7, 11) is 0. The smallest absolute Gasteiger partial charge is 0.0168 e. The zero-order valence-electron chi connectivity index (χ0n) is 10.5. The standard InChI is InChI=1S/C15H21N/c1-15(2,3)14-6-4-12(5-7-14)10-13-8-9-16-11-13/h4-7,10,16H,8-9,11H2,1-3H3. The van der Waals surface area contributed by atoms with Crippen molar-refractivity contribution < 1.29 is 0 Å². The summed E-state index contributed by atoms with van der Waals surface area (Å²) in [5, 5.41) is 3.36. The molecule has 0 atom stereocenters. The molecule has 1 fully saturated rings. The molecule has 1 heterocycles. The molecule has 1 nitrogen and oxygen atoms in total. The van der Waals surface area contributed by atoms with E-state index in [2.05, 4.69) is 56.4 Å². The number of benzene rings is 1. The molecule has 0 radical (unpaired) electrons. The van der Waals surface area contributed by atoms with Crippen LogP contribution in [-0.2, 0) is 5.41 Å². The van der Waals surface area contributed by atoms with Crippen molar-refractivity contribution in [3.8, 4) is 0 Å². The van der Waals surface area contributed by atoms with E-state index in [9.17, 15) is 0 Å². The molecule has 0 aromatic heterocycles. The number of nitrogens with one attached hydrogen (secondary N) is 1. The number of hydrogen-bond acceptors (Lipinski definition) is 1. The van der Waals surface area contributed by atoms with Gasteiger partial charge < -0.3 is 5.32 Å². The van der Waals surface area contributed by atoms with Crippen LogP contribution in [0.2, 0.25) is 0 Å². The lowest BCUT2D eigenvalue weighted by Gasteiger charge is -2.18. The summed E-state index contributed by atoms with van der Waals surface area (Å²) in [4.78, 5) is 0. The summed E-state index contributed by atoms with van der Waals surface area (Å²) in [6.07, 6.45) is 3.51. The van der Waals surface area contributed by atoms with Gasteiger partial charge in [-0.25, -0.2) is 0 Å². The van der Waals surface area contributed by atoms with E-state index in [0.717, 1.165) is 13.1 Å². The van der Waals surface area contributed by atoms with Gasteiger partial charge in [0.1, 0.15) is 0 Å². The first-order valence-corrected chi connectivity index (χ1v) is 6.06. The predicted molar refractivity (Wildman–Crippen MR) is 70.6 cm³/mol. The predicted octanol–water partition coefficient (Wildman–Crippen LogP) is 3.36. The van der Waals surface area contributed by atoms with Gasteiger partial charge in [-0.15, -0.1) is 0 Å². The van der Waals surface area contributed by atoms with E-state index in [4.69, 9.17) is 0 Å². The van der Waals surface area contributed by atoms with Gasteiger partial charge >= 0.3 is 0 Å². The Morgan fingerprint density at radius 1 is 1.12 bits per heavy atom. The first-order chi connectivity index (χ1) is 7.55. The van der Waals surface area contributed by atoms with Crippen LogP contribution in [0.4, 0.5) is 0 Å². The Bertz CT molecular complexity index is 371. The first-order valence-electron chi connectivity index (χ1n) is 6.06. The fourth-order valence-corrected chi connectivity index (χ4v) is 2.02. The number of hydrogen-bond donors (Lipinski definition) is 1. The van der Waals surface area contributed by atoms with E-state index in [1.807, 2.05) is 0 Å². The highest BCUT2D eigenvalue weighted by molar-refractivity contribution is 5.54. The van der Waals surface area contributed by atoms with Gasteiger partial charge in [-0.2, -0.15) is 0 Å². The topological polar surface area (TPSA) is 12.0 Å². The van der Waals surface area contributed by atoms with Crippen LogP contribution in [0.25, 0.3) is 6.08 Å². The van der Waals surface area contributed by atoms with E-state index < -0.39 is 0 Å². The van der Waals surface area contributed by atoms with Crippen molar-refractivity contribution in [1.82, 2.24) is 5.32 Å². The Balaban J connectivity index is 2.16. The molecular formula is C15H21N. The van der Waals surface area contributed by atoms with Gasteiger partial charge in [0.25, 0.3) is 0 Å². The van der Waals surface area contributed by atoms with Crippen LogP contribution in [0.1, 0.15) is 38.3 Å². The van der Waals surface area contributed by atoms with E-state index in [1.165, 1.54) is 23.1 Å². The average Bonchev–Trinajstić information content (AvgIpc) is 2.70. The minimum Gasteiger partial charge on any atom is -0.313 e. The molecule has 0 spiro atoms. The molecule has 0 amide bonds. The van der Waals surface area contributed by atoms with Crippen LogP contribution in [-0.4, -0.2) is 13.1 Å². The third-order valence-corrected chi connectivity index (χ3v) is 3.12. The van der Waals surface area contributed by atoms with E-state index in [1.54, 1.807) is 0 Å². The second kappa shape index (κ2) is 4.42. The Hall–Kier alpha value is -1.08. The first kappa shape index (κ1) is 11.4. The van der Waals surface area contributed by atoms with Gasteiger partial charge in [-0.3, -0.25) is 0 Å². The van der Waals surface area contributed by atoms with Gasteiger partial charge in [-0.1, -0.05) is 56.7 Å². The zero-order valence-corrected chi connectivity index (χ0v) is 10.5. The summed E-state index contributed by atoms with van der Waals surface area (Å²) in [5.41, 5.74) is 4.50. The molecule has 0 unspecified atom stereocenters. The normalized spacial score (nSPS) is 19.3. The molecule has 86 valence electrons. The van der Waals surface area contributed by atoms with Crippen LogP contribution >= 0.6 is 0 Å². The maximum Gasteiger partial charge on any atom is 0.0168 e. The average molecular weight is 215 g/mol. The van der Waals surface area contributed by atoms with Crippen LogP contribution in [0.5, 0.6) is 0 Å². The number of rotatable bonds is 1. The summed E-state index contributed by atoms with van der Waals surface area (Å²) in [6.45, 7) is 8.94. The lowest BCUT2D eigenvalue weighted by molar-refractivity contribution is 0.590. The van der Waals surface area contributed by atoms with Crippen molar-refractivity contribution in [1.29, 1.82) is 0 Å². The molecule has 1 heteroatoms. The van der Waals surface area contributed by atoms with Crippen molar-refractivity contribution in [2.75, 3.05) is 13.1 Å². The SMILES string of the molecule is CC(C)(C)c1ccc(C=C2CCNC2)cc1. The summed E-state index contributed by atoms with van der Waals surface area (Å²) in [6, 6.07) is 8.95. The third-order valence-electron chi connectivity index (χ3n) is 3.12. The van der Waals surface area contributed by atoms with Crippen molar-refractivity contribution >= 4 is 6.08 Å². The lowest BCUT2D eigenvalue weighted by atomic mass is 9.86. The van der Waals surface area contributed by atoms with Gasteiger partial charge in [0.15, 0.2) is 0 Å². The van der Waals surface area contributed by atoms with Gasteiger partial charge in [0.2, 0.25) is 0 Å². The quantitative estimate of drug-likeness (QED) is 0.757. The van der Waals surface area contributed by atoms with E-state index in [0.29, 0.717) is 0 Å². The van der Waals surface area contributed by atoms with Gasteiger partial charge in [0.05, 0.1) is 0 Å². The van der Waals surface area contributed by atoms with E-state index >= 15 is 0 Å². The summed E-state index contributed by atoms with van der Waals surface area (Å²) >= 11 is 0. The van der Waals surface area contributed by atoms with Gasteiger partial charge in [0, 0.05) is 6.54 Å². The molecule has 0 aliphatic carbocycles. The Kier molecular flexibility index (Phi) is 3.15. The van der Waals surface area contributed by atoms with Crippen LogP contribution in [0.3, 0.4) is 0 Å². The minimum absolute atomic E-state index is 0.251. The molecule has 1 aliphatic rings. The fourth-order valence-electron chi connectivity index (χ4n) is 2.02.